The highest BCUT2D eigenvalue weighted by Gasteiger charge is 2.33. The number of aromatic nitrogens is 1. The first kappa shape index (κ1) is 13.6. The minimum absolute atomic E-state index is 0.198. The molecule has 3 heteroatoms. The lowest BCUT2D eigenvalue weighted by Crippen LogP contribution is -2.32. The van der Waals surface area contributed by atoms with Gasteiger partial charge in [-0.05, 0) is 45.3 Å². The van der Waals surface area contributed by atoms with E-state index in [9.17, 15) is 5.11 Å². The third-order valence-corrected chi connectivity index (χ3v) is 4.21. The summed E-state index contributed by atoms with van der Waals surface area (Å²) in [6.07, 6.45) is 3.77. The van der Waals surface area contributed by atoms with Crippen LogP contribution in [0.2, 0.25) is 0 Å². The Hall–Kier alpha value is -0.800. The smallest absolute Gasteiger partial charge is 0.0812 e. The van der Waals surface area contributed by atoms with Gasteiger partial charge in [0.05, 0.1) is 6.10 Å². The van der Waals surface area contributed by atoms with Crippen LogP contribution in [-0.4, -0.2) is 34.7 Å². The predicted molar refractivity (Wildman–Crippen MR) is 74.6 cm³/mol. The van der Waals surface area contributed by atoms with Gasteiger partial charge in [0.25, 0.3) is 0 Å². The minimum Gasteiger partial charge on any atom is -0.388 e. The van der Waals surface area contributed by atoms with E-state index in [1.807, 2.05) is 0 Å². The molecule has 1 aromatic heterocycles. The fourth-order valence-electron chi connectivity index (χ4n) is 2.81. The molecule has 0 aliphatic heterocycles. The van der Waals surface area contributed by atoms with Gasteiger partial charge in [0.2, 0.25) is 0 Å². The van der Waals surface area contributed by atoms with Gasteiger partial charge in [-0.1, -0.05) is 13.8 Å². The molecule has 2 atom stereocenters. The van der Waals surface area contributed by atoms with Gasteiger partial charge in [-0.2, -0.15) is 0 Å². The normalized spacial score (nSPS) is 24.1. The predicted octanol–water partition coefficient (Wildman–Crippen LogP) is 2.44. The standard InChI is InChI=1S/C15H26N2O/c1-11(16(4)5)10-17-7-6-12-13(17)8-15(2,3)9-14(12)18/h6-7,11,14,18H,8-10H2,1-5H3. The molecule has 0 radical (unpaired) electrons. The SMILES string of the molecule is CC(Cn1ccc2c1CC(C)(C)CC2O)N(C)C. The Morgan fingerprint density at radius 3 is 2.78 bits per heavy atom. The third kappa shape index (κ3) is 2.62. The van der Waals surface area contributed by atoms with Crippen LogP contribution in [0.15, 0.2) is 12.3 Å². The number of aliphatic hydroxyl groups is 1. The van der Waals surface area contributed by atoms with E-state index in [0.717, 1.165) is 24.9 Å². The fourth-order valence-corrected chi connectivity index (χ4v) is 2.81. The summed E-state index contributed by atoms with van der Waals surface area (Å²) in [5.41, 5.74) is 2.66. The molecule has 1 heterocycles. The van der Waals surface area contributed by atoms with E-state index in [1.165, 1.54) is 5.69 Å². The Morgan fingerprint density at radius 1 is 1.50 bits per heavy atom. The number of fused-ring (bicyclic) bond motifs is 1. The second kappa shape index (κ2) is 4.71. The Kier molecular flexibility index (Phi) is 3.56. The minimum atomic E-state index is -0.292. The number of nitrogens with zero attached hydrogens (tertiary/aromatic N) is 2. The van der Waals surface area contributed by atoms with Gasteiger partial charge >= 0.3 is 0 Å². The van der Waals surface area contributed by atoms with Crippen molar-refractivity contribution in [3.63, 3.8) is 0 Å². The molecule has 0 aromatic carbocycles. The molecule has 1 aromatic rings. The topological polar surface area (TPSA) is 28.4 Å². The second-order valence-electron chi connectivity index (χ2n) is 6.74. The van der Waals surface area contributed by atoms with E-state index >= 15 is 0 Å². The fraction of sp³-hybridized carbons (Fsp3) is 0.733. The molecule has 18 heavy (non-hydrogen) atoms. The molecule has 102 valence electrons. The quantitative estimate of drug-likeness (QED) is 0.892. The molecule has 2 unspecified atom stereocenters. The average molecular weight is 250 g/mol. The van der Waals surface area contributed by atoms with Gasteiger partial charge in [-0.25, -0.2) is 0 Å². The molecule has 1 N–H and O–H groups in total. The number of aliphatic hydroxyl groups excluding tert-OH is 1. The molecule has 0 fully saturated rings. The monoisotopic (exact) mass is 250 g/mol. The summed E-state index contributed by atoms with van der Waals surface area (Å²) < 4.78 is 2.32. The van der Waals surface area contributed by atoms with E-state index in [4.69, 9.17) is 0 Å². The zero-order chi connectivity index (χ0) is 13.5. The summed E-state index contributed by atoms with van der Waals surface area (Å²) >= 11 is 0. The summed E-state index contributed by atoms with van der Waals surface area (Å²) in [7, 11) is 4.22. The number of rotatable bonds is 3. The lowest BCUT2D eigenvalue weighted by Gasteiger charge is -2.34. The summed E-state index contributed by atoms with van der Waals surface area (Å²) in [6, 6.07) is 2.60. The van der Waals surface area contributed by atoms with E-state index in [0.29, 0.717) is 6.04 Å². The highest BCUT2D eigenvalue weighted by atomic mass is 16.3. The molecule has 0 saturated carbocycles. The van der Waals surface area contributed by atoms with E-state index in [1.54, 1.807) is 0 Å². The van der Waals surface area contributed by atoms with E-state index in [2.05, 4.69) is 56.6 Å². The Morgan fingerprint density at radius 2 is 2.17 bits per heavy atom. The third-order valence-electron chi connectivity index (χ3n) is 4.21. The molecule has 1 aliphatic rings. The molecule has 2 rings (SSSR count). The lowest BCUT2D eigenvalue weighted by atomic mass is 9.75. The highest BCUT2D eigenvalue weighted by molar-refractivity contribution is 5.29. The Labute approximate surface area is 110 Å². The van der Waals surface area contributed by atoms with Crippen molar-refractivity contribution in [2.24, 2.45) is 5.41 Å². The van der Waals surface area contributed by atoms with Crippen LogP contribution in [0.25, 0.3) is 0 Å². The van der Waals surface area contributed by atoms with E-state index < -0.39 is 0 Å². The Bertz CT molecular complexity index is 420. The van der Waals surface area contributed by atoms with Crippen molar-refractivity contribution in [1.29, 1.82) is 0 Å². The number of likely N-dealkylation sites (N-methyl/N-ethyl adjacent to an activating group) is 1. The van der Waals surface area contributed by atoms with Crippen LogP contribution in [0.1, 0.15) is 44.6 Å². The Balaban J connectivity index is 2.25. The van der Waals surface area contributed by atoms with Crippen molar-refractivity contribution in [2.75, 3.05) is 14.1 Å². The first-order valence-corrected chi connectivity index (χ1v) is 6.82. The van der Waals surface area contributed by atoms with Crippen molar-refractivity contribution < 1.29 is 5.11 Å². The molecule has 0 saturated heterocycles. The van der Waals surface area contributed by atoms with Crippen molar-refractivity contribution >= 4 is 0 Å². The van der Waals surface area contributed by atoms with Crippen LogP contribution in [-0.2, 0) is 13.0 Å². The largest absolute Gasteiger partial charge is 0.388 e. The first-order valence-electron chi connectivity index (χ1n) is 6.82. The molecule has 0 amide bonds. The van der Waals surface area contributed by atoms with Crippen LogP contribution in [0.4, 0.5) is 0 Å². The average Bonchev–Trinajstić information content (AvgIpc) is 2.59. The summed E-state index contributed by atoms with van der Waals surface area (Å²) in [5.74, 6) is 0. The van der Waals surface area contributed by atoms with Gasteiger partial charge in [-0.15, -0.1) is 0 Å². The van der Waals surface area contributed by atoms with Crippen LogP contribution >= 0.6 is 0 Å². The number of hydrogen-bond acceptors (Lipinski definition) is 2. The van der Waals surface area contributed by atoms with Crippen molar-refractivity contribution in [3.05, 3.63) is 23.5 Å². The van der Waals surface area contributed by atoms with Gasteiger partial charge in [0, 0.05) is 30.0 Å². The highest BCUT2D eigenvalue weighted by Crippen LogP contribution is 2.41. The van der Waals surface area contributed by atoms with Crippen molar-refractivity contribution in [2.45, 2.75) is 52.3 Å². The summed E-state index contributed by atoms with van der Waals surface area (Å²) in [4.78, 5) is 2.23. The maximum atomic E-state index is 10.2. The maximum Gasteiger partial charge on any atom is 0.0812 e. The molecule has 0 bridgehead atoms. The molecule has 1 aliphatic carbocycles. The second-order valence-corrected chi connectivity index (χ2v) is 6.74. The summed E-state index contributed by atoms with van der Waals surface area (Å²) in [5, 5.41) is 10.2. The van der Waals surface area contributed by atoms with Crippen molar-refractivity contribution in [1.82, 2.24) is 9.47 Å². The molecular weight excluding hydrogens is 224 g/mol. The maximum absolute atomic E-state index is 10.2. The zero-order valence-electron chi connectivity index (χ0n) is 12.3. The van der Waals surface area contributed by atoms with Gasteiger partial charge < -0.3 is 14.6 Å². The summed E-state index contributed by atoms with van der Waals surface area (Å²) in [6.45, 7) is 7.71. The van der Waals surface area contributed by atoms with Crippen LogP contribution in [0.3, 0.4) is 0 Å². The van der Waals surface area contributed by atoms with E-state index in [-0.39, 0.29) is 11.5 Å². The lowest BCUT2D eigenvalue weighted by molar-refractivity contribution is 0.0975. The molecular formula is C15H26N2O. The van der Waals surface area contributed by atoms with Crippen molar-refractivity contribution in [3.8, 4) is 0 Å². The molecule has 3 nitrogen and oxygen atoms in total. The van der Waals surface area contributed by atoms with Gasteiger partial charge in [-0.3, -0.25) is 0 Å². The molecule has 0 spiro atoms. The first-order chi connectivity index (χ1) is 8.30. The van der Waals surface area contributed by atoms with Gasteiger partial charge in [0.1, 0.15) is 0 Å². The van der Waals surface area contributed by atoms with Crippen LogP contribution < -0.4 is 0 Å². The number of hydrogen-bond donors (Lipinski definition) is 1. The zero-order valence-corrected chi connectivity index (χ0v) is 12.3. The van der Waals surface area contributed by atoms with Gasteiger partial charge in [0.15, 0.2) is 0 Å². The van der Waals surface area contributed by atoms with Crippen LogP contribution in [0.5, 0.6) is 0 Å². The van der Waals surface area contributed by atoms with Crippen LogP contribution in [0, 0.1) is 5.41 Å².